The van der Waals surface area contributed by atoms with Gasteiger partial charge in [0.25, 0.3) is 0 Å². The van der Waals surface area contributed by atoms with Gasteiger partial charge in [0, 0.05) is 32.5 Å². The van der Waals surface area contributed by atoms with Crippen LogP contribution >= 0.6 is 34.0 Å². The average molecular weight is 383 g/mol. The molecule has 0 fully saturated rings. The number of carbonyl (C=O) groups excluding carboxylic acids is 1. The van der Waals surface area contributed by atoms with E-state index in [-0.39, 0.29) is 12.3 Å². The van der Waals surface area contributed by atoms with Gasteiger partial charge in [-0.25, -0.2) is 4.98 Å². The van der Waals surface area contributed by atoms with Crippen LogP contribution in [0.1, 0.15) is 5.69 Å². The zero-order valence-corrected chi connectivity index (χ0v) is 15.6. The molecule has 4 rings (SSSR count). The van der Waals surface area contributed by atoms with E-state index in [1.54, 1.807) is 34.0 Å². The lowest BCUT2D eigenvalue weighted by molar-refractivity contribution is -0.115. The number of nitrogens with one attached hydrogen (secondary N) is 1. The summed E-state index contributed by atoms with van der Waals surface area (Å²) in [5, 5.41) is 12.1. The van der Waals surface area contributed by atoms with Crippen LogP contribution in [-0.4, -0.2) is 10.9 Å². The van der Waals surface area contributed by atoms with Crippen molar-refractivity contribution >= 4 is 45.6 Å². The molecular weight excluding hydrogens is 368 g/mol. The third-order valence-electron chi connectivity index (χ3n) is 3.65. The van der Waals surface area contributed by atoms with E-state index in [9.17, 15) is 4.79 Å². The lowest BCUT2D eigenvalue weighted by Crippen LogP contribution is -2.15. The molecule has 0 saturated heterocycles. The van der Waals surface area contributed by atoms with Crippen molar-refractivity contribution in [3.05, 3.63) is 69.7 Å². The highest BCUT2D eigenvalue weighted by atomic mass is 32.1. The fraction of sp³-hybridized carbons (Fsp3) is 0.0526. The van der Waals surface area contributed by atoms with E-state index < -0.39 is 0 Å². The first-order valence-electron chi connectivity index (χ1n) is 7.69. The number of para-hydroxylation sites is 1. The van der Waals surface area contributed by atoms with E-state index in [4.69, 9.17) is 0 Å². The van der Waals surface area contributed by atoms with Gasteiger partial charge in [-0.1, -0.05) is 24.3 Å². The van der Waals surface area contributed by atoms with Crippen molar-refractivity contribution in [2.24, 2.45) is 0 Å². The van der Waals surface area contributed by atoms with E-state index >= 15 is 0 Å². The number of benzene rings is 1. The quantitative estimate of drug-likeness (QED) is 0.475. The number of rotatable bonds is 5. The number of thiazole rings is 1. The van der Waals surface area contributed by atoms with E-state index in [2.05, 4.69) is 21.7 Å². The molecule has 1 N–H and O–H groups in total. The van der Waals surface area contributed by atoms with Crippen molar-refractivity contribution in [2.75, 3.05) is 5.32 Å². The SMILES string of the molecule is O=C(Cc1csc(-c2ccsc2)n1)Nc1ccccc1-c1cccs1. The summed E-state index contributed by atoms with van der Waals surface area (Å²) in [7, 11) is 0. The van der Waals surface area contributed by atoms with E-state index in [1.165, 1.54) is 0 Å². The fourth-order valence-corrected chi connectivity index (χ4v) is 4.80. The molecule has 6 heteroatoms. The second-order valence-corrected chi connectivity index (χ2v) is 7.99. The summed E-state index contributed by atoms with van der Waals surface area (Å²) in [5.74, 6) is -0.0498. The molecule has 0 aliphatic rings. The summed E-state index contributed by atoms with van der Waals surface area (Å²) in [6, 6.07) is 14.0. The van der Waals surface area contributed by atoms with Crippen LogP contribution in [0.25, 0.3) is 21.0 Å². The number of aromatic nitrogens is 1. The van der Waals surface area contributed by atoms with Crippen molar-refractivity contribution in [3.63, 3.8) is 0 Å². The topological polar surface area (TPSA) is 42.0 Å². The maximum absolute atomic E-state index is 12.5. The normalized spacial score (nSPS) is 10.7. The number of anilines is 1. The molecule has 25 heavy (non-hydrogen) atoms. The van der Waals surface area contributed by atoms with Gasteiger partial charge in [-0.15, -0.1) is 22.7 Å². The summed E-state index contributed by atoms with van der Waals surface area (Å²) >= 11 is 4.88. The molecule has 3 nitrogen and oxygen atoms in total. The lowest BCUT2D eigenvalue weighted by Gasteiger charge is -2.09. The highest BCUT2D eigenvalue weighted by molar-refractivity contribution is 7.14. The van der Waals surface area contributed by atoms with Gasteiger partial charge in [0.1, 0.15) is 5.01 Å². The molecule has 0 aliphatic heterocycles. The Morgan fingerprint density at radius 2 is 1.92 bits per heavy atom. The summed E-state index contributed by atoms with van der Waals surface area (Å²) in [4.78, 5) is 18.2. The second kappa shape index (κ2) is 7.31. The zero-order valence-electron chi connectivity index (χ0n) is 13.1. The number of amides is 1. The molecule has 0 spiro atoms. The molecular formula is C19H14N2OS3. The summed E-state index contributed by atoms with van der Waals surface area (Å²) < 4.78 is 0. The molecule has 3 heterocycles. The molecule has 4 aromatic rings. The van der Waals surface area contributed by atoms with Crippen molar-refractivity contribution in [3.8, 4) is 21.0 Å². The van der Waals surface area contributed by atoms with Crippen molar-refractivity contribution in [1.29, 1.82) is 0 Å². The minimum atomic E-state index is -0.0498. The molecule has 1 amide bonds. The predicted molar refractivity (Wildman–Crippen MR) is 108 cm³/mol. The number of hydrogen-bond donors (Lipinski definition) is 1. The maximum atomic E-state index is 12.5. The van der Waals surface area contributed by atoms with Crippen molar-refractivity contribution in [1.82, 2.24) is 4.98 Å². The predicted octanol–water partition coefficient (Wildman–Crippen LogP) is 5.78. The van der Waals surface area contributed by atoms with Gasteiger partial charge in [0.05, 0.1) is 12.1 Å². The third kappa shape index (κ3) is 3.71. The van der Waals surface area contributed by atoms with E-state index in [0.717, 1.165) is 32.4 Å². The van der Waals surface area contributed by atoms with Crippen LogP contribution in [0.5, 0.6) is 0 Å². The van der Waals surface area contributed by atoms with Crippen LogP contribution in [0.2, 0.25) is 0 Å². The third-order valence-corrected chi connectivity index (χ3v) is 6.18. The summed E-state index contributed by atoms with van der Waals surface area (Å²) in [6.07, 6.45) is 0.277. The Morgan fingerprint density at radius 1 is 1.00 bits per heavy atom. The van der Waals surface area contributed by atoms with Gasteiger partial charge in [0.2, 0.25) is 5.91 Å². The molecule has 0 radical (unpaired) electrons. The molecule has 0 saturated carbocycles. The van der Waals surface area contributed by atoms with Crippen LogP contribution in [-0.2, 0) is 11.2 Å². The first-order chi connectivity index (χ1) is 12.3. The highest BCUT2D eigenvalue weighted by Crippen LogP contribution is 2.31. The van der Waals surface area contributed by atoms with Gasteiger partial charge in [0.15, 0.2) is 0 Å². The first kappa shape index (κ1) is 16.2. The Balaban J connectivity index is 1.48. The Labute approximate surface area is 157 Å². The van der Waals surface area contributed by atoms with Gasteiger partial charge < -0.3 is 5.32 Å². The Morgan fingerprint density at radius 3 is 2.72 bits per heavy atom. The average Bonchev–Trinajstić information content (AvgIpc) is 3.37. The van der Waals surface area contributed by atoms with Gasteiger partial charge in [-0.2, -0.15) is 11.3 Å². The molecule has 0 atom stereocenters. The van der Waals surface area contributed by atoms with Crippen molar-refractivity contribution < 1.29 is 4.79 Å². The summed E-state index contributed by atoms with van der Waals surface area (Å²) in [6.45, 7) is 0. The van der Waals surface area contributed by atoms with Crippen LogP contribution in [0.15, 0.2) is 64.0 Å². The Bertz CT molecular complexity index is 972. The number of nitrogens with zero attached hydrogens (tertiary/aromatic N) is 1. The number of carbonyl (C=O) groups is 1. The van der Waals surface area contributed by atoms with Gasteiger partial charge >= 0.3 is 0 Å². The lowest BCUT2D eigenvalue weighted by atomic mass is 10.1. The van der Waals surface area contributed by atoms with E-state index in [0.29, 0.717) is 0 Å². The zero-order chi connectivity index (χ0) is 17.1. The molecule has 124 valence electrons. The van der Waals surface area contributed by atoms with Crippen LogP contribution in [0, 0.1) is 0 Å². The highest BCUT2D eigenvalue weighted by Gasteiger charge is 2.12. The van der Waals surface area contributed by atoms with Gasteiger partial charge in [-0.3, -0.25) is 4.79 Å². The molecule has 0 unspecified atom stereocenters. The maximum Gasteiger partial charge on any atom is 0.230 e. The Hall–Kier alpha value is -2.28. The van der Waals surface area contributed by atoms with Crippen LogP contribution < -0.4 is 5.32 Å². The second-order valence-electron chi connectivity index (χ2n) is 5.40. The monoisotopic (exact) mass is 382 g/mol. The van der Waals surface area contributed by atoms with Crippen LogP contribution in [0.3, 0.4) is 0 Å². The largest absolute Gasteiger partial charge is 0.325 e. The van der Waals surface area contributed by atoms with Crippen LogP contribution in [0.4, 0.5) is 5.69 Å². The van der Waals surface area contributed by atoms with Crippen molar-refractivity contribution in [2.45, 2.75) is 6.42 Å². The first-order valence-corrected chi connectivity index (χ1v) is 10.4. The number of hydrogen-bond acceptors (Lipinski definition) is 5. The van der Waals surface area contributed by atoms with Gasteiger partial charge in [-0.05, 0) is 29.0 Å². The molecule has 3 aromatic heterocycles. The molecule has 1 aromatic carbocycles. The minimum absolute atomic E-state index is 0.0498. The molecule has 0 aliphatic carbocycles. The molecule has 0 bridgehead atoms. The minimum Gasteiger partial charge on any atom is -0.325 e. The smallest absolute Gasteiger partial charge is 0.230 e. The van der Waals surface area contributed by atoms with E-state index in [1.807, 2.05) is 52.5 Å². The Kier molecular flexibility index (Phi) is 4.74. The summed E-state index contributed by atoms with van der Waals surface area (Å²) in [5.41, 5.74) is 3.80. The standard InChI is InChI=1S/C19H14N2OS3/c22-18(10-14-12-25-19(20-14)13-7-9-23-11-13)21-16-5-2-1-4-15(16)17-6-3-8-24-17/h1-9,11-12H,10H2,(H,21,22). The number of thiophene rings is 2. The fourth-order valence-electron chi connectivity index (χ4n) is 2.50.